The van der Waals surface area contributed by atoms with Gasteiger partial charge in [0, 0.05) is 25.1 Å². The van der Waals surface area contributed by atoms with Crippen molar-refractivity contribution in [3.8, 4) is 17.3 Å². The Labute approximate surface area is 100 Å². The summed E-state index contributed by atoms with van der Waals surface area (Å²) >= 11 is 0. The van der Waals surface area contributed by atoms with Gasteiger partial charge in [-0.3, -0.25) is 5.10 Å². The Morgan fingerprint density at radius 1 is 1.29 bits per heavy atom. The zero-order valence-corrected chi connectivity index (χ0v) is 9.48. The number of rotatable bonds is 5. The van der Waals surface area contributed by atoms with Crippen LogP contribution in [0.3, 0.4) is 0 Å². The highest BCUT2D eigenvalue weighted by Gasteiger charge is 2.06. The van der Waals surface area contributed by atoms with Crippen LogP contribution in [0.5, 0.6) is 0 Å². The Hall–Kier alpha value is -2.12. The molecule has 2 rings (SSSR count). The topological polar surface area (TPSA) is 64.5 Å². The van der Waals surface area contributed by atoms with Gasteiger partial charge >= 0.3 is 0 Å². The van der Waals surface area contributed by atoms with Crippen LogP contribution in [0.1, 0.15) is 12.0 Å². The highest BCUT2D eigenvalue weighted by Crippen LogP contribution is 2.20. The molecule has 2 N–H and O–H groups in total. The first-order valence-electron chi connectivity index (χ1n) is 5.57. The number of H-pyrrole nitrogens is 1. The fourth-order valence-corrected chi connectivity index (χ4v) is 1.67. The first-order chi connectivity index (χ1) is 8.42. The maximum atomic E-state index is 8.45. The van der Waals surface area contributed by atoms with Crippen molar-refractivity contribution in [3.63, 3.8) is 0 Å². The second-order valence-electron chi connectivity index (χ2n) is 3.72. The maximum absolute atomic E-state index is 8.45. The Balaban J connectivity index is 2.05. The molecule has 0 amide bonds. The molecule has 4 nitrogen and oxygen atoms in total. The number of benzene rings is 1. The van der Waals surface area contributed by atoms with Gasteiger partial charge in [-0.25, -0.2) is 0 Å². The zero-order chi connectivity index (χ0) is 11.9. The molecule has 0 aliphatic carbocycles. The summed E-state index contributed by atoms with van der Waals surface area (Å²) in [5.41, 5.74) is 3.28. The van der Waals surface area contributed by atoms with Crippen LogP contribution in [-0.4, -0.2) is 16.7 Å². The molecule has 0 radical (unpaired) electrons. The Kier molecular flexibility index (Phi) is 3.90. The third-order valence-electron chi connectivity index (χ3n) is 2.51. The predicted molar refractivity (Wildman–Crippen MR) is 66.0 cm³/mol. The van der Waals surface area contributed by atoms with Crippen molar-refractivity contribution < 1.29 is 0 Å². The lowest BCUT2D eigenvalue weighted by Gasteiger charge is -2.03. The van der Waals surface area contributed by atoms with Crippen LogP contribution >= 0.6 is 0 Å². The number of hydrogen-bond donors (Lipinski definition) is 2. The van der Waals surface area contributed by atoms with E-state index in [9.17, 15) is 0 Å². The molecule has 2 aromatic rings. The van der Waals surface area contributed by atoms with Crippen LogP contribution in [0, 0.1) is 11.3 Å². The van der Waals surface area contributed by atoms with Crippen molar-refractivity contribution in [2.45, 2.75) is 13.0 Å². The van der Waals surface area contributed by atoms with E-state index in [1.165, 1.54) is 0 Å². The van der Waals surface area contributed by atoms with Gasteiger partial charge < -0.3 is 5.32 Å². The lowest BCUT2D eigenvalue weighted by atomic mass is 10.1. The molecule has 0 aliphatic heterocycles. The van der Waals surface area contributed by atoms with Crippen molar-refractivity contribution >= 4 is 0 Å². The summed E-state index contributed by atoms with van der Waals surface area (Å²) in [6, 6.07) is 12.2. The second-order valence-corrected chi connectivity index (χ2v) is 3.72. The monoisotopic (exact) mass is 226 g/mol. The van der Waals surface area contributed by atoms with Crippen LogP contribution in [0.4, 0.5) is 0 Å². The standard InChI is InChI=1S/C13H14N4/c14-7-4-8-15-9-12-10-16-17-13(12)11-5-2-1-3-6-11/h1-3,5-6,10,15H,4,8-9H2,(H,16,17). The van der Waals surface area contributed by atoms with E-state index in [-0.39, 0.29) is 0 Å². The van der Waals surface area contributed by atoms with Gasteiger partial charge in [-0.2, -0.15) is 10.4 Å². The summed E-state index contributed by atoms with van der Waals surface area (Å²) in [5.74, 6) is 0. The summed E-state index contributed by atoms with van der Waals surface area (Å²) in [7, 11) is 0. The molecule has 0 spiro atoms. The number of nitriles is 1. The molecule has 0 saturated carbocycles. The number of hydrogen-bond acceptors (Lipinski definition) is 3. The number of aromatic amines is 1. The van der Waals surface area contributed by atoms with Crippen LogP contribution in [0.2, 0.25) is 0 Å². The summed E-state index contributed by atoms with van der Waals surface area (Å²) in [6.07, 6.45) is 2.35. The minimum absolute atomic E-state index is 0.526. The van der Waals surface area contributed by atoms with Gasteiger partial charge in [-0.15, -0.1) is 0 Å². The van der Waals surface area contributed by atoms with Crippen molar-refractivity contribution in [1.82, 2.24) is 15.5 Å². The molecule has 0 fully saturated rings. The van der Waals surface area contributed by atoms with Gasteiger partial charge in [0.05, 0.1) is 18.0 Å². The molecule has 1 aromatic carbocycles. The Bertz CT molecular complexity index is 496. The number of aromatic nitrogens is 2. The largest absolute Gasteiger partial charge is 0.312 e. The first-order valence-corrected chi connectivity index (χ1v) is 5.57. The van der Waals surface area contributed by atoms with Crippen molar-refractivity contribution in [2.24, 2.45) is 0 Å². The number of nitrogens with one attached hydrogen (secondary N) is 2. The quantitative estimate of drug-likeness (QED) is 0.767. The van der Waals surface area contributed by atoms with E-state index >= 15 is 0 Å². The van der Waals surface area contributed by atoms with E-state index in [4.69, 9.17) is 5.26 Å². The van der Waals surface area contributed by atoms with Crippen LogP contribution < -0.4 is 5.32 Å². The summed E-state index contributed by atoms with van der Waals surface area (Å²) < 4.78 is 0. The average molecular weight is 226 g/mol. The first kappa shape index (κ1) is 11.4. The minimum Gasteiger partial charge on any atom is -0.312 e. The van der Waals surface area contributed by atoms with Crippen LogP contribution in [-0.2, 0) is 6.54 Å². The lowest BCUT2D eigenvalue weighted by molar-refractivity contribution is 0.700. The third-order valence-corrected chi connectivity index (χ3v) is 2.51. The fourth-order valence-electron chi connectivity index (χ4n) is 1.67. The molecule has 17 heavy (non-hydrogen) atoms. The molecule has 0 saturated heterocycles. The van der Waals surface area contributed by atoms with Gasteiger partial charge in [-0.05, 0) is 5.56 Å². The second kappa shape index (κ2) is 5.83. The molecule has 0 aliphatic rings. The van der Waals surface area contributed by atoms with Crippen LogP contribution in [0.15, 0.2) is 36.5 Å². The minimum atomic E-state index is 0.526. The lowest BCUT2D eigenvalue weighted by Crippen LogP contribution is -2.14. The Morgan fingerprint density at radius 2 is 2.12 bits per heavy atom. The molecule has 0 unspecified atom stereocenters. The van der Waals surface area contributed by atoms with E-state index in [2.05, 4.69) is 21.6 Å². The Morgan fingerprint density at radius 3 is 2.88 bits per heavy atom. The maximum Gasteiger partial charge on any atom is 0.0695 e. The highest BCUT2D eigenvalue weighted by atomic mass is 15.1. The van der Waals surface area contributed by atoms with Gasteiger partial charge in [0.15, 0.2) is 0 Å². The number of nitrogens with zero attached hydrogens (tertiary/aromatic N) is 2. The van der Waals surface area contributed by atoms with E-state index in [1.807, 2.05) is 36.5 Å². The van der Waals surface area contributed by atoms with Crippen molar-refractivity contribution in [2.75, 3.05) is 6.54 Å². The van der Waals surface area contributed by atoms with Gasteiger partial charge in [0.25, 0.3) is 0 Å². The highest BCUT2D eigenvalue weighted by molar-refractivity contribution is 5.62. The molecule has 0 atom stereocenters. The molecule has 4 heteroatoms. The molecule has 0 bridgehead atoms. The third kappa shape index (κ3) is 2.92. The average Bonchev–Trinajstić information content (AvgIpc) is 2.84. The predicted octanol–water partition coefficient (Wildman–Crippen LogP) is 2.08. The van der Waals surface area contributed by atoms with Crippen LogP contribution in [0.25, 0.3) is 11.3 Å². The molecule has 1 aromatic heterocycles. The normalized spacial score (nSPS) is 10.1. The SMILES string of the molecule is N#CCCNCc1cn[nH]c1-c1ccccc1. The summed E-state index contributed by atoms with van der Waals surface area (Å²) in [6.45, 7) is 1.43. The van der Waals surface area contributed by atoms with Gasteiger partial charge in [0.2, 0.25) is 0 Å². The summed E-state index contributed by atoms with van der Waals surface area (Å²) in [4.78, 5) is 0. The van der Waals surface area contributed by atoms with Gasteiger partial charge in [-0.1, -0.05) is 30.3 Å². The molecular weight excluding hydrogens is 212 g/mol. The smallest absolute Gasteiger partial charge is 0.0695 e. The summed E-state index contributed by atoms with van der Waals surface area (Å²) in [5, 5.41) is 18.7. The van der Waals surface area contributed by atoms with E-state index in [0.29, 0.717) is 13.0 Å². The molecule has 86 valence electrons. The molecular formula is C13H14N4. The van der Waals surface area contributed by atoms with Crippen molar-refractivity contribution in [3.05, 3.63) is 42.1 Å². The van der Waals surface area contributed by atoms with Crippen molar-refractivity contribution in [1.29, 1.82) is 5.26 Å². The fraction of sp³-hybridized carbons (Fsp3) is 0.231. The van der Waals surface area contributed by atoms with Gasteiger partial charge in [0.1, 0.15) is 0 Å². The van der Waals surface area contributed by atoms with E-state index < -0.39 is 0 Å². The molecule has 1 heterocycles. The zero-order valence-electron chi connectivity index (χ0n) is 9.48. The van der Waals surface area contributed by atoms with E-state index in [1.54, 1.807) is 0 Å². The van der Waals surface area contributed by atoms with E-state index in [0.717, 1.165) is 23.4 Å².